The van der Waals surface area contributed by atoms with Gasteiger partial charge < -0.3 is 10.1 Å². The first-order chi connectivity index (χ1) is 13.1. The number of rotatable bonds is 8. The summed E-state index contributed by atoms with van der Waals surface area (Å²) in [6.07, 6.45) is 0.109. The first-order valence-corrected chi connectivity index (χ1v) is 10.7. The summed E-state index contributed by atoms with van der Waals surface area (Å²) in [7, 11) is -3.65. The lowest BCUT2D eigenvalue weighted by Crippen LogP contribution is -2.28. The van der Waals surface area contributed by atoms with Crippen LogP contribution in [0.25, 0.3) is 0 Å². The van der Waals surface area contributed by atoms with Gasteiger partial charge in [0.25, 0.3) is 0 Å². The normalized spacial score (nSPS) is 11.5. The fraction of sp³-hybridized carbons (Fsp3) is 0.381. The molecule has 0 atom stereocenters. The molecule has 0 radical (unpaired) electrons. The van der Waals surface area contributed by atoms with E-state index >= 15 is 0 Å². The zero-order chi connectivity index (χ0) is 20.9. The van der Waals surface area contributed by atoms with Crippen molar-refractivity contribution in [3.63, 3.8) is 0 Å². The van der Waals surface area contributed by atoms with Crippen LogP contribution in [0.5, 0.6) is 5.75 Å². The number of ether oxygens (including phenoxy) is 1. The molecule has 0 spiro atoms. The Hall–Kier alpha value is -2.38. The van der Waals surface area contributed by atoms with Gasteiger partial charge in [-0.05, 0) is 75.6 Å². The van der Waals surface area contributed by atoms with Crippen molar-refractivity contribution in [3.8, 4) is 5.75 Å². The molecule has 0 fully saturated rings. The molecule has 0 saturated heterocycles. The van der Waals surface area contributed by atoms with Gasteiger partial charge in [-0.25, -0.2) is 13.1 Å². The summed E-state index contributed by atoms with van der Waals surface area (Å²) in [5.41, 5.74) is 3.09. The molecule has 2 rings (SSSR count). The number of benzene rings is 2. The minimum Gasteiger partial charge on any atom is -0.491 e. The molecule has 2 aromatic carbocycles. The van der Waals surface area contributed by atoms with Crippen LogP contribution in [-0.4, -0.2) is 27.0 Å². The van der Waals surface area contributed by atoms with Crippen molar-refractivity contribution in [2.45, 2.75) is 52.0 Å². The number of anilines is 1. The number of carbonyl (C=O) groups excluding carboxylic acids is 1. The molecular weight excluding hydrogens is 376 g/mol. The van der Waals surface area contributed by atoms with E-state index in [0.717, 1.165) is 16.9 Å². The zero-order valence-electron chi connectivity index (χ0n) is 17.0. The van der Waals surface area contributed by atoms with Crippen LogP contribution in [0.15, 0.2) is 41.3 Å². The SMILES string of the molecule is Cc1ccc(C)c(S(=O)(=O)NCCC(=O)Nc2ccc(OC(C)C)cc2C)c1. The van der Waals surface area contributed by atoms with E-state index in [1.165, 1.54) is 0 Å². The van der Waals surface area contributed by atoms with E-state index in [2.05, 4.69) is 10.0 Å². The Morgan fingerprint density at radius 3 is 2.39 bits per heavy atom. The maximum atomic E-state index is 12.5. The molecule has 152 valence electrons. The van der Waals surface area contributed by atoms with Gasteiger partial charge >= 0.3 is 0 Å². The lowest BCUT2D eigenvalue weighted by Gasteiger charge is -2.13. The Morgan fingerprint density at radius 2 is 1.75 bits per heavy atom. The van der Waals surface area contributed by atoms with Crippen molar-refractivity contribution in [2.24, 2.45) is 0 Å². The van der Waals surface area contributed by atoms with E-state index in [0.29, 0.717) is 11.3 Å². The fourth-order valence-electron chi connectivity index (χ4n) is 2.71. The summed E-state index contributed by atoms with van der Waals surface area (Å²) >= 11 is 0. The number of carbonyl (C=O) groups is 1. The highest BCUT2D eigenvalue weighted by Gasteiger charge is 2.17. The Bertz CT molecular complexity index is 953. The van der Waals surface area contributed by atoms with Crippen molar-refractivity contribution in [1.29, 1.82) is 0 Å². The quantitative estimate of drug-likeness (QED) is 0.702. The smallest absolute Gasteiger partial charge is 0.240 e. The highest BCUT2D eigenvalue weighted by Crippen LogP contribution is 2.22. The molecule has 28 heavy (non-hydrogen) atoms. The van der Waals surface area contributed by atoms with Crippen LogP contribution >= 0.6 is 0 Å². The number of hydrogen-bond donors (Lipinski definition) is 2. The molecule has 2 aromatic rings. The number of sulfonamides is 1. The van der Waals surface area contributed by atoms with Gasteiger partial charge in [0.1, 0.15) is 5.75 Å². The molecule has 1 amide bonds. The second kappa shape index (κ2) is 9.21. The van der Waals surface area contributed by atoms with Crippen molar-refractivity contribution in [1.82, 2.24) is 4.72 Å². The van der Waals surface area contributed by atoms with E-state index in [1.807, 2.05) is 39.8 Å². The Morgan fingerprint density at radius 1 is 1.04 bits per heavy atom. The van der Waals surface area contributed by atoms with Crippen molar-refractivity contribution in [3.05, 3.63) is 53.1 Å². The van der Waals surface area contributed by atoms with Gasteiger partial charge in [0.05, 0.1) is 11.0 Å². The number of aryl methyl sites for hydroxylation is 3. The van der Waals surface area contributed by atoms with E-state index in [1.54, 1.807) is 31.2 Å². The molecule has 0 saturated carbocycles. The van der Waals surface area contributed by atoms with Gasteiger partial charge in [0, 0.05) is 18.7 Å². The standard InChI is InChI=1S/C21H28N2O4S/c1-14(2)27-18-8-9-19(17(5)13-18)23-21(24)10-11-22-28(25,26)20-12-15(3)6-7-16(20)4/h6-9,12-14,22H,10-11H2,1-5H3,(H,23,24). The summed E-state index contributed by atoms with van der Waals surface area (Å²) in [6.45, 7) is 9.39. The average Bonchev–Trinajstić information content (AvgIpc) is 2.58. The van der Waals surface area contributed by atoms with Gasteiger partial charge in [-0.1, -0.05) is 12.1 Å². The molecule has 2 N–H and O–H groups in total. The lowest BCUT2D eigenvalue weighted by molar-refractivity contribution is -0.116. The van der Waals surface area contributed by atoms with Gasteiger partial charge in [-0.15, -0.1) is 0 Å². The van der Waals surface area contributed by atoms with Crippen molar-refractivity contribution >= 4 is 21.6 Å². The number of amides is 1. The summed E-state index contributed by atoms with van der Waals surface area (Å²) in [4.78, 5) is 12.4. The third kappa shape index (κ3) is 6.07. The lowest BCUT2D eigenvalue weighted by atomic mass is 10.2. The van der Waals surface area contributed by atoms with Gasteiger partial charge in [-0.3, -0.25) is 4.79 Å². The molecular formula is C21H28N2O4S. The fourth-order valence-corrected chi connectivity index (χ4v) is 4.07. The second-order valence-electron chi connectivity index (χ2n) is 7.11. The third-order valence-corrected chi connectivity index (χ3v) is 5.72. The first kappa shape index (κ1) is 21.9. The summed E-state index contributed by atoms with van der Waals surface area (Å²) < 4.78 is 33.1. The van der Waals surface area contributed by atoms with Crippen LogP contribution in [0, 0.1) is 20.8 Å². The molecule has 0 bridgehead atoms. The molecule has 0 heterocycles. The predicted octanol–water partition coefficient (Wildman–Crippen LogP) is 3.71. The van der Waals surface area contributed by atoms with Crippen molar-refractivity contribution in [2.75, 3.05) is 11.9 Å². The van der Waals surface area contributed by atoms with Crippen LogP contribution < -0.4 is 14.8 Å². The number of nitrogens with one attached hydrogen (secondary N) is 2. The van der Waals surface area contributed by atoms with E-state index < -0.39 is 10.0 Å². The average molecular weight is 405 g/mol. The molecule has 0 aliphatic carbocycles. The molecule has 0 aromatic heterocycles. The molecule has 6 nitrogen and oxygen atoms in total. The molecule has 0 unspecified atom stereocenters. The largest absolute Gasteiger partial charge is 0.491 e. The second-order valence-corrected chi connectivity index (χ2v) is 8.84. The highest BCUT2D eigenvalue weighted by atomic mass is 32.2. The molecule has 0 aliphatic heterocycles. The van der Waals surface area contributed by atoms with Crippen LogP contribution in [0.3, 0.4) is 0 Å². The monoisotopic (exact) mass is 404 g/mol. The molecule has 0 aliphatic rings. The molecule has 7 heteroatoms. The van der Waals surface area contributed by atoms with E-state index in [-0.39, 0.29) is 29.9 Å². The summed E-state index contributed by atoms with van der Waals surface area (Å²) in [5.74, 6) is 0.482. The Balaban J connectivity index is 1.93. The van der Waals surface area contributed by atoms with Crippen LogP contribution in [-0.2, 0) is 14.8 Å². The summed E-state index contributed by atoms with van der Waals surface area (Å²) in [5, 5.41) is 2.81. The van der Waals surface area contributed by atoms with Crippen molar-refractivity contribution < 1.29 is 17.9 Å². The highest BCUT2D eigenvalue weighted by molar-refractivity contribution is 7.89. The maximum Gasteiger partial charge on any atom is 0.240 e. The third-order valence-electron chi connectivity index (χ3n) is 4.12. The van der Waals surface area contributed by atoms with Crippen LogP contribution in [0.4, 0.5) is 5.69 Å². The minimum absolute atomic E-state index is 0.0230. The summed E-state index contributed by atoms with van der Waals surface area (Å²) in [6, 6.07) is 10.7. The van der Waals surface area contributed by atoms with Crippen LogP contribution in [0.2, 0.25) is 0 Å². The first-order valence-electron chi connectivity index (χ1n) is 9.22. The van der Waals surface area contributed by atoms with E-state index in [9.17, 15) is 13.2 Å². The van der Waals surface area contributed by atoms with Gasteiger partial charge in [0.2, 0.25) is 15.9 Å². The van der Waals surface area contributed by atoms with Gasteiger partial charge in [-0.2, -0.15) is 0 Å². The maximum absolute atomic E-state index is 12.5. The van der Waals surface area contributed by atoms with E-state index in [4.69, 9.17) is 4.74 Å². The minimum atomic E-state index is -3.65. The van der Waals surface area contributed by atoms with Crippen LogP contribution in [0.1, 0.15) is 37.0 Å². The Labute approximate surface area is 167 Å². The Kier molecular flexibility index (Phi) is 7.21. The predicted molar refractivity (Wildman–Crippen MR) is 111 cm³/mol. The topological polar surface area (TPSA) is 84.5 Å². The number of hydrogen-bond acceptors (Lipinski definition) is 4. The zero-order valence-corrected chi connectivity index (χ0v) is 17.8. The van der Waals surface area contributed by atoms with Gasteiger partial charge in [0.15, 0.2) is 0 Å².